The quantitative estimate of drug-likeness (QED) is 0.670. The SMILES string of the molecule is CCC(O)(CC)C(=O)C1CC1. The maximum Gasteiger partial charge on any atom is 0.167 e. The molecule has 1 N–H and O–H groups in total. The van der Waals surface area contributed by atoms with Crippen LogP contribution in [0.2, 0.25) is 0 Å². The minimum Gasteiger partial charge on any atom is -0.382 e. The molecule has 2 nitrogen and oxygen atoms in total. The van der Waals surface area contributed by atoms with E-state index in [4.69, 9.17) is 0 Å². The number of aliphatic hydroxyl groups is 1. The molecule has 0 amide bonds. The van der Waals surface area contributed by atoms with Crippen molar-refractivity contribution < 1.29 is 9.90 Å². The van der Waals surface area contributed by atoms with Crippen LogP contribution in [0.3, 0.4) is 0 Å². The molecule has 64 valence electrons. The third kappa shape index (κ3) is 1.62. The van der Waals surface area contributed by atoms with Crippen LogP contribution in [0.25, 0.3) is 0 Å². The number of hydrogen-bond acceptors (Lipinski definition) is 2. The Bertz CT molecular complexity index is 155. The van der Waals surface area contributed by atoms with Crippen molar-refractivity contribution in [2.75, 3.05) is 0 Å². The first-order valence-corrected chi connectivity index (χ1v) is 4.40. The van der Waals surface area contributed by atoms with Crippen LogP contribution < -0.4 is 0 Å². The van der Waals surface area contributed by atoms with Crippen molar-refractivity contribution >= 4 is 5.78 Å². The van der Waals surface area contributed by atoms with E-state index in [9.17, 15) is 9.90 Å². The molecule has 0 unspecified atom stereocenters. The largest absolute Gasteiger partial charge is 0.382 e. The standard InChI is InChI=1S/C9H16O2/c1-3-9(11,4-2)8(10)7-5-6-7/h7,11H,3-6H2,1-2H3. The van der Waals surface area contributed by atoms with Crippen LogP contribution in [-0.2, 0) is 4.79 Å². The molecule has 11 heavy (non-hydrogen) atoms. The molecule has 0 aromatic heterocycles. The molecule has 0 saturated heterocycles. The van der Waals surface area contributed by atoms with Crippen molar-refractivity contribution in [2.24, 2.45) is 5.92 Å². The summed E-state index contributed by atoms with van der Waals surface area (Å²) < 4.78 is 0. The molecule has 0 heterocycles. The van der Waals surface area contributed by atoms with E-state index in [0.717, 1.165) is 12.8 Å². The maximum absolute atomic E-state index is 11.4. The molecule has 2 heteroatoms. The fraction of sp³-hybridized carbons (Fsp3) is 0.889. The van der Waals surface area contributed by atoms with E-state index in [1.165, 1.54) is 0 Å². The lowest BCUT2D eigenvalue weighted by molar-refractivity contribution is -0.139. The fourth-order valence-electron chi connectivity index (χ4n) is 1.32. The number of rotatable bonds is 4. The molecular weight excluding hydrogens is 140 g/mol. The maximum atomic E-state index is 11.4. The molecule has 0 aromatic carbocycles. The minimum atomic E-state index is -1.01. The van der Waals surface area contributed by atoms with E-state index in [0.29, 0.717) is 12.8 Å². The Morgan fingerprint density at radius 2 is 1.91 bits per heavy atom. The summed E-state index contributed by atoms with van der Waals surface area (Å²) >= 11 is 0. The van der Waals surface area contributed by atoms with E-state index >= 15 is 0 Å². The van der Waals surface area contributed by atoms with Gasteiger partial charge in [-0.05, 0) is 25.7 Å². The van der Waals surface area contributed by atoms with Crippen molar-refractivity contribution in [3.63, 3.8) is 0 Å². The molecule has 1 aliphatic carbocycles. The van der Waals surface area contributed by atoms with Crippen molar-refractivity contribution in [3.8, 4) is 0 Å². The zero-order chi connectivity index (χ0) is 8.48. The Morgan fingerprint density at radius 1 is 1.45 bits per heavy atom. The van der Waals surface area contributed by atoms with E-state index in [-0.39, 0.29) is 11.7 Å². The number of carbonyl (C=O) groups is 1. The Labute approximate surface area is 67.6 Å². The molecule has 1 saturated carbocycles. The molecule has 0 bridgehead atoms. The van der Waals surface area contributed by atoms with Crippen LogP contribution >= 0.6 is 0 Å². The van der Waals surface area contributed by atoms with E-state index in [1.54, 1.807) is 0 Å². The lowest BCUT2D eigenvalue weighted by Gasteiger charge is -2.22. The van der Waals surface area contributed by atoms with Gasteiger partial charge in [-0.3, -0.25) is 4.79 Å². The van der Waals surface area contributed by atoms with Gasteiger partial charge in [0.25, 0.3) is 0 Å². The summed E-state index contributed by atoms with van der Waals surface area (Å²) in [6.45, 7) is 3.73. The molecule has 0 aliphatic heterocycles. The number of hydrogen-bond donors (Lipinski definition) is 1. The summed E-state index contributed by atoms with van der Waals surface area (Å²) in [4.78, 5) is 11.4. The highest BCUT2D eigenvalue weighted by Crippen LogP contribution is 2.35. The second-order valence-electron chi connectivity index (χ2n) is 3.38. The normalized spacial score (nSPS) is 18.5. The van der Waals surface area contributed by atoms with Gasteiger partial charge in [0.2, 0.25) is 0 Å². The lowest BCUT2D eigenvalue weighted by Crippen LogP contribution is -2.38. The van der Waals surface area contributed by atoms with Crippen LogP contribution in [-0.4, -0.2) is 16.5 Å². The summed E-state index contributed by atoms with van der Waals surface area (Å²) in [7, 11) is 0. The number of Topliss-reactive ketones (excluding diaryl/α,β-unsaturated/α-hetero) is 1. The summed E-state index contributed by atoms with van der Waals surface area (Å²) in [6, 6.07) is 0. The van der Waals surface area contributed by atoms with Gasteiger partial charge < -0.3 is 5.11 Å². The second-order valence-corrected chi connectivity index (χ2v) is 3.38. The van der Waals surface area contributed by atoms with Crippen LogP contribution in [0, 0.1) is 5.92 Å². The van der Waals surface area contributed by atoms with Crippen molar-refractivity contribution in [1.82, 2.24) is 0 Å². The summed E-state index contributed by atoms with van der Waals surface area (Å²) in [5, 5.41) is 9.76. The topological polar surface area (TPSA) is 37.3 Å². The third-order valence-electron chi connectivity index (χ3n) is 2.58. The zero-order valence-corrected chi connectivity index (χ0v) is 7.26. The molecular formula is C9H16O2. The van der Waals surface area contributed by atoms with Crippen molar-refractivity contribution in [1.29, 1.82) is 0 Å². The average molecular weight is 156 g/mol. The van der Waals surface area contributed by atoms with Gasteiger partial charge in [0.1, 0.15) is 5.60 Å². The highest BCUT2D eigenvalue weighted by molar-refractivity contribution is 5.90. The fourth-order valence-corrected chi connectivity index (χ4v) is 1.32. The number of carbonyl (C=O) groups excluding carboxylic acids is 1. The van der Waals surface area contributed by atoms with E-state index < -0.39 is 5.60 Å². The Morgan fingerprint density at radius 3 is 2.18 bits per heavy atom. The smallest absolute Gasteiger partial charge is 0.167 e. The Balaban J connectivity index is 2.59. The first kappa shape index (κ1) is 8.72. The molecule has 1 fully saturated rings. The van der Waals surface area contributed by atoms with Gasteiger partial charge in [0.05, 0.1) is 0 Å². The molecule has 0 atom stereocenters. The predicted molar refractivity (Wildman–Crippen MR) is 43.3 cm³/mol. The van der Waals surface area contributed by atoms with Crippen LogP contribution in [0.15, 0.2) is 0 Å². The van der Waals surface area contributed by atoms with Gasteiger partial charge >= 0.3 is 0 Å². The third-order valence-corrected chi connectivity index (χ3v) is 2.58. The van der Waals surface area contributed by atoms with Crippen molar-refractivity contribution in [2.45, 2.75) is 45.1 Å². The van der Waals surface area contributed by atoms with Crippen LogP contribution in [0.4, 0.5) is 0 Å². The average Bonchev–Trinajstić information content (AvgIpc) is 2.84. The highest BCUT2D eigenvalue weighted by atomic mass is 16.3. The van der Waals surface area contributed by atoms with Gasteiger partial charge in [-0.25, -0.2) is 0 Å². The lowest BCUT2D eigenvalue weighted by atomic mass is 9.90. The predicted octanol–water partition coefficient (Wildman–Crippen LogP) is 1.52. The minimum absolute atomic E-state index is 0.0718. The Hall–Kier alpha value is -0.370. The van der Waals surface area contributed by atoms with E-state index in [2.05, 4.69) is 0 Å². The molecule has 0 spiro atoms. The van der Waals surface area contributed by atoms with Gasteiger partial charge in [-0.2, -0.15) is 0 Å². The highest BCUT2D eigenvalue weighted by Gasteiger charge is 2.41. The summed E-state index contributed by atoms with van der Waals surface area (Å²) in [5.41, 5.74) is -1.01. The monoisotopic (exact) mass is 156 g/mol. The van der Waals surface area contributed by atoms with Crippen LogP contribution in [0.5, 0.6) is 0 Å². The zero-order valence-electron chi connectivity index (χ0n) is 7.26. The number of ketones is 1. The molecule has 1 rings (SSSR count). The second kappa shape index (κ2) is 2.94. The van der Waals surface area contributed by atoms with E-state index in [1.807, 2.05) is 13.8 Å². The first-order valence-electron chi connectivity index (χ1n) is 4.40. The van der Waals surface area contributed by atoms with Gasteiger partial charge in [-0.15, -0.1) is 0 Å². The van der Waals surface area contributed by atoms with Gasteiger partial charge in [-0.1, -0.05) is 13.8 Å². The summed E-state index contributed by atoms with van der Waals surface area (Å²) in [5.74, 6) is 0.252. The molecule has 0 aromatic rings. The van der Waals surface area contributed by atoms with Crippen molar-refractivity contribution in [3.05, 3.63) is 0 Å². The van der Waals surface area contributed by atoms with Crippen LogP contribution in [0.1, 0.15) is 39.5 Å². The summed E-state index contributed by atoms with van der Waals surface area (Å²) in [6.07, 6.45) is 3.08. The van der Waals surface area contributed by atoms with Gasteiger partial charge in [0.15, 0.2) is 5.78 Å². The first-order chi connectivity index (χ1) is 5.14. The molecule has 1 aliphatic rings. The molecule has 0 radical (unpaired) electrons. The van der Waals surface area contributed by atoms with Gasteiger partial charge in [0, 0.05) is 5.92 Å². The Kier molecular flexibility index (Phi) is 2.33.